The van der Waals surface area contributed by atoms with E-state index < -0.39 is 12.6 Å². The Morgan fingerprint density at radius 1 is 1.32 bits per heavy atom. The van der Waals surface area contributed by atoms with Crippen molar-refractivity contribution in [2.45, 2.75) is 25.4 Å². The average molecular weight is 270 g/mol. The van der Waals surface area contributed by atoms with Crippen LogP contribution in [0.25, 0.3) is 0 Å². The zero-order valence-electron chi connectivity index (χ0n) is 10.1. The molecule has 102 valence electrons. The standard InChI is InChI=1S/C13H13F3N2O/c14-13(15,16)6-1-2-7-18-12(19)11-5-3-4-10(8-11)9-17/h3-5,8H,1-2,6-7H2,(H,18,19). The van der Waals surface area contributed by atoms with Gasteiger partial charge in [-0.25, -0.2) is 0 Å². The van der Waals surface area contributed by atoms with Crippen molar-refractivity contribution in [1.29, 1.82) is 5.26 Å². The number of hydrogen-bond acceptors (Lipinski definition) is 2. The number of carbonyl (C=O) groups is 1. The molecular weight excluding hydrogens is 257 g/mol. The Kier molecular flexibility index (Phi) is 5.37. The molecule has 0 aliphatic carbocycles. The molecule has 1 aromatic carbocycles. The van der Waals surface area contributed by atoms with Crippen LogP contribution in [-0.4, -0.2) is 18.6 Å². The SMILES string of the molecule is N#Cc1cccc(C(=O)NCCCCC(F)(F)F)c1. The zero-order chi connectivity index (χ0) is 14.3. The van der Waals surface area contributed by atoms with Crippen LogP contribution in [0.2, 0.25) is 0 Å². The fourth-order valence-electron chi connectivity index (χ4n) is 1.48. The number of amides is 1. The summed E-state index contributed by atoms with van der Waals surface area (Å²) in [6, 6.07) is 8.04. The number of halogens is 3. The van der Waals surface area contributed by atoms with Crippen LogP contribution in [0.15, 0.2) is 24.3 Å². The summed E-state index contributed by atoms with van der Waals surface area (Å²) in [4.78, 5) is 11.6. The van der Waals surface area contributed by atoms with Gasteiger partial charge in [-0.3, -0.25) is 4.79 Å². The minimum atomic E-state index is -4.15. The second-order valence-electron chi connectivity index (χ2n) is 4.02. The number of nitriles is 1. The quantitative estimate of drug-likeness (QED) is 0.836. The van der Waals surface area contributed by atoms with Crippen LogP contribution in [0, 0.1) is 11.3 Å². The van der Waals surface area contributed by atoms with Crippen molar-refractivity contribution in [3.8, 4) is 6.07 Å². The van der Waals surface area contributed by atoms with E-state index in [-0.39, 0.29) is 25.3 Å². The molecule has 0 aliphatic rings. The van der Waals surface area contributed by atoms with Crippen LogP contribution >= 0.6 is 0 Å². The lowest BCUT2D eigenvalue weighted by atomic mass is 10.1. The molecular formula is C13H13F3N2O. The third-order valence-corrected chi connectivity index (χ3v) is 2.43. The number of rotatable bonds is 5. The van der Waals surface area contributed by atoms with Gasteiger partial charge in [0.25, 0.3) is 5.91 Å². The van der Waals surface area contributed by atoms with Crippen LogP contribution in [0.5, 0.6) is 0 Å². The predicted molar refractivity (Wildman–Crippen MR) is 63.4 cm³/mol. The number of unbranched alkanes of at least 4 members (excludes halogenated alkanes) is 1. The first-order valence-electron chi connectivity index (χ1n) is 5.77. The number of carbonyl (C=O) groups excluding carboxylic acids is 1. The highest BCUT2D eigenvalue weighted by Gasteiger charge is 2.25. The molecule has 1 N–H and O–H groups in total. The summed E-state index contributed by atoms with van der Waals surface area (Å²) in [5.74, 6) is -0.385. The van der Waals surface area contributed by atoms with Crippen LogP contribution < -0.4 is 5.32 Å². The van der Waals surface area contributed by atoms with E-state index in [1.807, 2.05) is 6.07 Å². The third kappa shape index (κ3) is 5.91. The maximum Gasteiger partial charge on any atom is 0.389 e. The first kappa shape index (κ1) is 15.0. The van der Waals surface area contributed by atoms with Crippen molar-refractivity contribution in [2.24, 2.45) is 0 Å². The highest BCUT2D eigenvalue weighted by molar-refractivity contribution is 5.94. The Labute approximate surface area is 109 Å². The van der Waals surface area contributed by atoms with E-state index in [2.05, 4.69) is 5.32 Å². The van der Waals surface area contributed by atoms with Gasteiger partial charge in [0.1, 0.15) is 0 Å². The predicted octanol–water partition coefficient (Wildman–Crippen LogP) is 3.02. The largest absolute Gasteiger partial charge is 0.389 e. The summed E-state index contributed by atoms with van der Waals surface area (Å²) in [6.45, 7) is 0.186. The van der Waals surface area contributed by atoms with Crippen molar-refractivity contribution in [1.82, 2.24) is 5.32 Å². The van der Waals surface area contributed by atoms with E-state index in [1.165, 1.54) is 6.07 Å². The lowest BCUT2D eigenvalue weighted by Crippen LogP contribution is -2.24. The zero-order valence-corrected chi connectivity index (χ0v) is 10.1. The number of benzene rings is 1. The average Bonchev–Trinajstić information content (AvgIpc) is 2.37. The van der Waals surface area contributed by atoms with Crippen molar-refractivity contribution in [3.63, 3.8) is 0 Å². The Bertz CT molecular complexity index is 478. The first-order valence-corrected chi connectivity index (χ1v) is 5.77. The summed E-state index contributed by atoms with van der Waals surface area (Å²) in [7, 11) is 0. The van der Waals surface area contributed by atoms with Crippen LogP contribution in [0.1, 0.15) is 35.2 Å². The molecule has 0 bridgehead atoms. The molecule has 0 aromatic heterocycles. The highest BCUT2D eigenvalue weighted by Crippen LogP contribution is 2.21. The van der Waals surface area contributed by atoms with E-state index in [1.54, 1.807) is 18.2 Å². The summed E-state index contributed by atoms with van der Waals surface area (Å²) in [5, 5.41) is 11.2. The molecule has 0 saturated heterocycles. The second-order valence-corrected chi connectivity index (χ2v) is 4.02. The topological polar surface area (TPSA) is 52.9 Å². The molecule has 0 aliphatic heterocycles. The summed E-state index contributed by atoms with van der Waals surface area (Å²) >= 11 is 0. The van der Waals surface area contributed by atoms with Gasteiger partial charge in [-0.1, -0.05) is 6.07 Å². The Morgan fingerprint density at radius 2 is 2.05 bits per heavy atom. The molecule has 0 unspecified atom stereocenters. The second kappa shape index (κ2) is 6.78. The monoisotopic (exact) mass is 270 g/mol. The number of nitrogens with one attached hydrogen (secondary N) is 1. The minimum absolute atomic E-state index is 0.0119. The number of nitrogens with zero attached hydrogens (tertiary/aromatic N) is 1. The van der Waals surface area contributed by atoms with Crippen molar-refractivity contribution >= 4 is 5.91 Å². The minimum Gasteiger partial charge on any atom is -0.352 e. The Hall–Kier alpha value is -2.03. The lowest BCUT2D eigenvalue weighted by molar-refractivity contribution is -0.135. The smallest absolute Gasteiger partial charge is 0.352 e. The van der Waals surface area contributed by atoms with Crippen molar-refractivity contribution < 1.29 is 18.0 Å². The molecule has 1 amide bonds. The van der Waals surface area contributed by atoms with Gasteiger partial charge in [-0.2, -0.15) is 18.4 Å². The summed E-state index contributed by atoms with van der Waals surface area (Å²) < 4.78 is 35.6. The van der Waals surface area contributed by atoms with Crippen molar-refractivity contribution in [2.75, 3.05) is 6.54 Å². The Morgan fingerprint density at radius 3 is 2.68 bits per heavy atom. The molecule has 0 atom stereocenters. The molecule has 0 radical (unpaired) electrons. The van der Waals surface area contributed by atoms with E-state index in [9.17, 15) is 18.0 Å². The number of hydrogen-bond donors (Lipinski definition) is 1. The van der Waals surface area contributed by atoms with Crippen LogP contribution in [0.4, 0.5) is 13.2 Å². The fourth-order valence-corrected chi connectivity index (χ4v) is 1.48. The normalized spacial score (nSPS) is 10.8. The van der Waals surface area contributed by atoms with Gasteiger partial charge in [0, 0.05) is 18.5 Å². The van der Waals surface area contributed by atoms with Crippen LogP contribution in [0.3, 0.4) is 0 Å². The van der Waals surface area contributed by atoms with E-state index in [0.29, 0.717) is 11.1 Å². The van der Waals surface area contributed by atoms with Gasteiger partial charge in [0.15, 0.2) is 0 Å². The van der Waals surface area contributed by atoms with Crippen LogP contribution in [-0.2, 0) is 0 Å². The fraction of sp³-hybridized carbons (Fsp3) is 0.385. The molecule has 1 rings (SSSR count). The van der Waals surface area contributed by atoms with E-state index >= 15 is 0 Å². The maximum absolute atomic E-state index is 11.9. The Balaban J connectivity index is 2.34. The third-order valence-electron chi connectivity index (χ3n) is 2.43. The molecule has 1 aromatic rings. The van der Waals surface area contributed by atoms with Gasteiger partial charge in [0.2, 0.25) is 0 Å². The van der Waals surface area contributed by atoms with E-state index in [4.69, 9.17) is 5.26 Å². The molecule has 19 heavy (non-hydrogen) atoms. The lowest BCUT2D eigenvalue weighted by Gasteiger charge is -2.07. The first-order chi connectivity index (χ1) is 8.92. The highest BCUT2D eigenvalue weighted by atomic mass is 19.4. The molecule has 0 saturated carbocycles. The van der Waals surface area contributed by atoms with Crippen molar-refractivity contribution in [3.05, 3.63) is 35.4 Å². The van der Waals surface area contributed by atoms with E-state index in [0.717, 1.165) is 0 Å². The van der Waals surface area contributed by atoms with Gasteiger partial charge < -0.3 is 5.32 Å². The van der Waals surface area contributed by atoms with Gasteiger partial charge in [-0.05, 0) is 31.0 Å². The molecule has 0 heterocycles. The maximum atomic E-state index is 11.9. The number of alkyl halides is 3. The summed E-state index contributed by atoms with van der Waals surface area (Å²) in [6.07, 6.45) is -4.73. The van der Waals surface area contributed by atoms with Gasteiger partial charge in [-0.15, -0.1) is 0 Å². The molecule has 0 spiro atoms. The molecule has 0 fully saturated rings. The molecule has 3 nitrogen and oxygen atoms in total. The van der Waals surface area contributed by atoms with Gasteiger partial charge >= 0.3 is 6.18 Å². The summed E-state index contributed by atoms with van der Waals surface area (Å²) in [5.41, 5.74) is 0.694. The molecule has 6 heteroatoms. The van der Waals surface area contributed by atoms with Gasteiger partial charge in [0.05, 0.1) is 11.6 Å².